The second kappa shape index (κ2) is 6.07. The van der Waals surface area contributed by atoms with Gasteiger partial charge in [-0.3, -0.25) is 0 Å². The lowest BCUT2D eigenvalue weighted by Gasteiger charge is -2.25. The lowest BCUT2D eigenvalue weighted by molar-refractivity contribution is 0.383. The molecule has 1 aliphatic rings. The molecule has 1 aliphatic carbocycles. The van der Waals surface area contributed by atoms with E-state index in [0.29, 0.717) is 18.1 Å². The second-order valence-electron chi connectivity index (χ2n) is 5.06. The van der Waals surface area contributed by atoms with Crippen molar-refractivity contribution in [2.45, 2.75) is 57.0 Å². The smallest absolute Gasteiger partial charge is 0.244 e. The van der Waals surface area contributed by atoms with Crippen molar-refractivity contribution in [3.8, 4) is 0 Å². The van der Waals surface area contributed by atoms with Gasteiger partial charge in [0.25, 0.3) is 0 Å². The maximum atomic E-state index is 12.2. The fourth-order valence-electron chi connectivity index (χ4n) is 2.08. The molecular formula is C13H22N2O3S. The van der Waals surface area contributed by atoms with Crippen molar-refractivity contribution < 1.29 is 12.8 Å². The van der Waals surface area contributed by atoms with Crippen molar-refractivity contribution >= 4 is 10.0 Å². The van der Waals surface area contributed by atoms with E-state index in [1.807, 2.05) is 0 Å². The fourth-order valence-corrected chi connectivity index (χ4v) is 3.58. The topological polar surface area (TPSA) is 71.3 Å². The SMILES string of the molecule is CCCNCc1cc(S(=O)(=O)NC2CCC2)c(C)o1. The van der Waals surface area contributed by atoms with Crippen LogP contribution in [0.5, 0.6) is 0 Å². The number of sulfonamides is 1. The minimum Gasteiger partial charge on any atom is -0.464 e. The largest absolute Gasteiger partial charge is 0.464 e. The van der Waals surface area contributed by atoms with E-state index in [0.717, 1.165) is 32.2 Å². The first-order valence-electron chi connectivity index (χ1n) is 6.85. The van der Waals surface area contributed by atoms with Gasteiger partial charge in [0.05, 0.1) is 6.54 Å². The van der Waals surface area contributed by atoms with E-state index in [2.05, 4.69) is 17.0 Å². The Labute approximate surface area is 114 Å². The zero-order valence-corrected chi connectivity index (χ0v) is 12.3. The molecule has 0 radical (unpaired) electrons. The van der Waals surface area contributed by atoms with E-state index in [9.17, 15) is 8.42 Å². The van der Waals surface area contributed by atoms with Crippen LogP contribution in [-0.2, 0) is 16.6 Å². The van der Waals surface area contributed by atoms with Crippen LogP contribution in [0.4, 0.5) is 0 Å². The molecule has 0 bridgehead atoms. The van der Waals surface area contributed by atoms with Crippen LogP contribution in [0.2, 0.25) is 0 Å². The van der Waals surface area contributed by atoms with Gasteiger partial charge in [-0.25, -0.2) is 13.1 Å². The van der Waals surface area contributed by atoms with E-state index in [1.165, 1.54) is 0 Å². The van der Waals surface area contributed by atoms with Crippen LogP contribution in [0.15, 0.2) is 15.4 Å². The van der Waals surface area contributed by atoms with Gasteiger partial charge in [-0.2, -0.15) is 0 Å². The molecule has 0 saturated heterocycles. The minimum atomic E-state index is -3.43. The van der Waals surface area contributed by atoms with Gasteiger partial charge < -0.3 is 9.73 Å². The number of furan rings is 1. The monoisotopic (exact) mass is 286 g/mol. The second-order valence-corrected chi connectivity index (χ2v) is 6.74. The average Bonchev–Trinajstić information content (AvgIpc) is 2.67. The summed E-state index contributed by atoms with van der Waals surface area (Å²) >= 11 is 0. The molecule has 2 rings (SSSR count). The molecule has 1 saturated carbocycles. The van der Waals surface area contributed by atoms with Crippen LogP contribution in [0.1, 0.15) is 44.1 Å². The van der Waals surface area contributed by atoms with Crippen LogP contribution in [0.25, 0.3) is 0 Å². The van der Waals surface area contributed by atoms with E-state index in [-0.39, 0.29) is 10.9 Å². The molecule has 2 N–H and O–H groups in total. The van der Waals surface area contributed by atoms with Crippen LogP contribution in [-0.4, -0.2) is 21.0 Å². The van der Waals surface area contributed by atoms with Crippen LogP contribution >= 0.6 is 0 Å². The first-order valence-corrected chi connectivity index (χ1v) is 8.33. The number of rotatable bonds is 7. The highest BCUT2D eigenvalue weighted by Gasteiger charge is 2.27. The Morgan fingerprint density at radius 2 is 2.16 bits per heavy atom. The highest BCUT2D eigenvalue weighted by Crippen LogP contribution is 2.24. The first kappa shape index (κ1) is 14.6. The van der Waals surface area contributed by atoms with Crippen molar-refractivity contribution in [3.05, 3.63) is 17.6 Å². The Morgan fingerprint density at radius 1 is 1.42 bits per heavy atom. The van der Waals surface area contributed by atoms with Crippen molar-refractivity contribution in [2.75, 3.05) is 6.54 Å². The van der Waals surface area contributed by atoms with Gasteiger partial charge in [0.15, 0.2) is 0 Å². The van der Waals surface area contributed by atoms with Gasteiger partial charge in [-0.15, -0.1) is 0 Å². The van der Waals surface area contributed by atoms with Crippen molar-refractivity contribution in [2.24, 2.45) is 0 Å². The molecule has 0 atom stereocenters. The Bertz CT molecular complexity index is 518. The normalized spacial score (nSPS) is 16.5. The Hall–Kier alpha value is -0.850. The van der Waals surface area contributed by atoms with E-state index >= 15 is 0 Å². The number of aryl methyl sites for hydroxylation is 1. The summed E-state index contributed by atoms with van der Waals surface area (Å²) in [5, 5.41) is 3.20. The van der Waals surface area contributed by atoms with Gasteiger partial charge in [0.1, 0.15) is 16.4 Å². The predicted molar refractivity (Wildman–Crippen MR) is 73.4 cm³/mol. The van der Waals surface area contributed by atoms with Gasteiger partial charge >= 0.3 is 0 Å². The summed E-state index contributed by atoms with van der Waals surface area (Å²) in [7, 11) is -3.43. The van der Waals surface area contributed by atoms with E-state index < -0.39 is 10.0 Å². The van der Waals surface area contributed by atoms with Gasteiger partial charge in [-0.1, -0.05) is 13.3 Å². The summed E-state index contributed by atoms with van der Waals surface area (Å²) in [6.07, 6.45) is 4.00. The number of nitrogens with one attached hydrogen (secondary N) is 2. The van der Waals surface area contributed by atoms with Gasteiger partial charge in [-0.05, 0) is 32.7 Å². The highest BCUT2D eigenvalue weighted by atomic mass is 32.2. The van der Waals surface area contributed by atoms with E-state index in [1.54, 1.807) is 13.0 Å². The molecule has 19 heavy (non-hydrogen) atoms. The van der Waals surface area contributed by atoms with Gasteiger partial charge in [0.2, 0.25) is 10.0 Å². The quantitative estimate of drug-likeness (QED) is 0.751. The number of hydrogen-bond acceptors (Lipinski definition) is 4. The zero-order valence-electron chi connectivity index (χ0n) is 11.5. The minimum absolute atomic E-state index is 0.0981. The molecule has 0 spiro atoms. The Morgan fingerprint density at radius 3 is 2.74 bits per heavy atom. The molecule has 5 nitrogen and oxygen atoms in total. The Kier molecular flexibility index (Phi) is 4.65. The van der Waals surface area contributed by atoms with Crippen molar-refractivity contribution in [1.29, 1.82) is 0 Å². The molecule has 0 aliphatic heterocycles. The summed E-state index contributed by atoms with van der Waals surface area (Å²) in [4.78, 5) is 0.271. The summed E-state index contributed by atoms with van der Waals surface area (Å²) in [5.41, 5.74) is 0. The molecule has 0 amide bonds. The highest BCUT2D eigenvalue weighted by molar-refractivity contribution is 7.89. The van der Waals surface area contributed by atoms with Gasteiger partial charge in [0, 0.05) is 12.1 Å². The standard InChI is InChI=1S/C13H22N2O3S/c1-3-7-14-9-12-8-13(10(2)18-12)19(16,17)15-11-5-4-6-11/h8,11,14-15H,3-7,9H2,1-2H3. The average molecular weight is 286 g/mol. The molecule has 1 aromatic heterocycles. The molecule has 0 aromatic carbocycles. The molecule has 0 unspecified atom stereocenters. The van der Waals surface area contributed by atoms with Crippen molar-refractivity contribution in [1.82, 2.24) is 10.0 Å². The first-order chi connectivity index (χ1) is 9.03. The molecule has 1 heterocycles. The molecular weight excluding hydrogens is 264 g/mol. The van der Waals surface area contributed by atoms with Crippen LogP contribution < -0.4 is 10.0 Å². The molecule has 6 heteroatoms. The molecule has 108 valence electrons. The third kappa shape index (κ3) is 3.58. The summed E-state index contributed by atoms with van der Waals surface area (Å²) in [5.74, 6) is 1.13. The Balaban J connectivity index is 2.06. The maximum Gasteiger partial charge on any atom is 0.244 e. The zero-order chi connectivity index (χ0) is 13.9. The summed E-state index contributed by atoms with van der Waals surface area (Å²) < 4.78 is 32.6. The third-order valence-electron chi connectivity index (χ3n) is 3.37. The molecule has 1 fully saturated rings. The molecule has 1 aromatic rings. The lowest BCUT2D eigenvalue weighted by Crippen LogP contribution is -2.39. The van der Waals surface area contributed by atoms with Crippen molar-refractivity contribution in [3.63, 3.8) is 0 Å². The third-order valence-corrected chi connectivity index (χ3v) is 4.99. The van der Waals surface area contributed by atoms with E-state index in [4.69, 9.17) is 4.42 Å². The maximum absolute atomic E-state index is 12.2. The van der Waals surface area contributed by atoms with Crippen LogP contribution in [0.3, 0.4) is 0 Å². The summed E-state index contributed by atoms with van der Waals surface area (Å²) in [6, 6.07) is 1.72. The predicted octanol–water partition coefficient (Wildman–Crippen LogP) is 1.92. The van der Waals surface area contributed by atoms with Crippen LogP contribution in [0, 0.1) is 6.92 Å². The fraction of sp³-hybridized carbons (Fsp3) is 0.692. The lowest BCUT2D eigenvalue weighted by atomic mass is 9.94. The number of hydrogen-bond donors (Lipinski definition) is 2. The summed E-state index contributed by atoms with van der Waals surface area (Å²) in [6.45, 7) is 5.23.